The van der Waals surface area contributed by atoms with Gasteiger partial charge in [0.1, 0.15) is 11.5 Å². The zero-order valence-electron chi connectivity index (χ0n) is 14.9. The summed E-state index contributed by atoms with van der Waals surface area (Å²) in [7, 11) is 3.18. The lowest BCUT2D eigenvalue weighted by Gasteiger charge is -2.08. The van der Waals surface area contributed by atoms with Gasteiger partial charge in [-0.15, -0.1) is 0 Å². The SMILES string of the molecule is CCNC(=O)c1ccccc1-c1ncc(-c2ccc(OC)cc2OC)o1. The molecule has 0 aliphatic rings. The van der Waals surface area contributed by atoms with E-state index in [0.717, 1.165) is 5.56 Å². The smallest absolute Gasteiger partial charge is 0.252 e. The summed E-state index contributed by atoms with van der Waals surface area (Å²) in [5.41, 5.74) is 1.91. The fraction of sp³-hybridized carbons (Fsp3) is 0.200. The lowest BCUT2D eigenvalue weighted by Crippen LogP contribution is -2.23. The Morgan fingerprint density at radius 1 is 1.12 bits per heavy atom. The number of carbonyl (C=O) groups excluding carboxylic acids is 1. The molecule has 0 bridgehead atoms. The van der Waals surface area contributed by atoms with Crippen molar-refractivity contribution in [2.24, 2.45) is 0 Å². The zero-order valence-corrected chi connectivity index (χ0v) is 14.9. The van der Waals surface area contributed by atoms with E-state index in [-0.39, 0.29) is 5.91 Å². The highest BCUT2D eigenvalue weighted by Crippen LogP contribution is 2.35. The van der Waals surface area contributed by atoms with E-state index < -0.39 is 0 Å². The zero-order chi connectivity index (χ0) is 18.5. The number of carbonyl (C=O) groups is 1. The Morgan fingerprint density at radius 3 is 2.65 bits per heavy atom. The van der Waals surface area contributed by atoms with Gasteiger partial charge in [0.15, 0.2) is 5.76 Å². The van der Waals surface area contributed by atoms with E-state index in [9.17, 15) is 4.79 Å². The number of amides is 1. The Labute approximate surface area is 151 Å². The number of aromatic nitrogens is 1. The maximum absolute atomic E-state index is 12.3. The van der Waals surface area contributed by atoms with E-state index in [1.54, 1.807) is 32.5 Å². The van der Waals surface area contributed by atoms with Gasteiger partial charge in [-0.25, -0.2) is 4.98 Å². The monoisotopic (exact) mass is 352 g/mol. The van der Waals surface area contributed by atoms with Crippen LogP contribution in [0.1, 0.15) is 17.3 Å². The summed E-state index contributed by atoms with van der Waals surface area (Å²) in [4.78, 5) is 16.6. The summed E-state index contributed by atoms with van der Waals surface area (Å²) in [5, 5.41) is 2.80. The van der Waals surface area contributed by atoms with Crippen molar-refractivity contribution in [1.82, 2.24) is 10.3 Å². The molecule has 6 heteroatoms. The first kappa shape index (κ1) is 17.5. The van der Waals surface area contributed by atoms with Crippen LogP contribution in [0.3, 0.4) is 0 Å². The van der Waals surface area contributed by atoms with Crippen molar-refractivity contribution in [2.45, 2.75) is 6.92 Å². The maximum atomic E-state index is 12.3. The van der Waals surface area contributed by atoms with Crippen LogP contribution >= 0.6 is 0 Å². The second-order valence-electron chi connectivity index (χ2n) is 5.50. The summed E-state index contributed by atoms with van der Waals surface area (Å²) < 4.78 is 16.6. The minimum Gasteiger partial charge on any atom is -0.497 e. The van der Waals surface area contributed by atoms with E-state index in [4.69, 9.17) is 13.9 Å². The first-order valence-corrected chi connectivity index (χ1v) is 8.23. The number of hydrogen-bond acceptors (Lipinski definition) is 5. The molecule has 1 aromatic heterocycles. The summed E-state index contributed by atoms with van der Waals surface area (Å²) in [5.74, 6) is 2.06. The molecular formula is C20H20N2O4. The van der Waals surface area contributed by atoms with Crippen LogP contribution in [-0.4, -0.2) is 31.7 Å². The predicted octanol–water partition coefficient (Wildman–Crippen LogP) is 3.78. The van der Waals surface area contributed by atoms with Crippen LogP contribution in [0, 0.1) is 0 Å². The molecule has 134 valence electrons. The van der Waals surface area contributed by atoms with Gasteiger partial charge in [0.25, 0.3) is 5.91 Å². The third kappa shape index (κ3) is 3.39. The molecule has 0 saturated carbocycles. The number of benzene rings is 2. The molecule has 6 nitrogen and oxygen atoms in total. The molecule has 2 aromatic carbocycles. The molecule has 3 aromatic rings. The van der Waals surface area contributed by atoms with E-state index in [0.29, 0.717) is 40.8 Å². The van der Waals surface area contributed by atoms with Crippen molar-refractivity contribution in [3.8, 4) is 34.3 Å². The minimum absolute atomic E-state index is 0.162. The number of nitrogens with one attached hydrogen (secondary N) is 1. The van der Waals surface area contributed by atoms with Crippen LogP contribution in [0.25, 0.3) is 22.8 Å². The van der Waals surface area contributed by atoms with Gasteiger partial charge in [-0.3, -0.25) is 4.79 Å². The van der Waals surface area contributed by atoms with E-state index in [2.05, 4.69) is 10.3 Å². The number of nitrogens with zero attached hydrogens (tertiary/aromatic N) is 1. The second kappa shape index (κ2) is 7.74. The highest BCUT2D eigenvalue weighted by molar-refractivity contribution is 6.00. The molecule has 1 N–H and O–H groups in total. The molecule has 0 spiro atoms. The van der Waals surface area contributed by atoms with Gasteiger partial charge in [-0.05, 0) is 31.2 Å². The summed E-state index contributed by atoms with van der Waals surface area (Å²) in [6.07, 6.45) is 1.62. The number of ether oxygens (including phenoxy) is 2. The second-order valence-corrected chi connectivity index (χ2v) is 5.50. The maximum Gasteiger partial charge on any atom is 0.252 e. The molecule has 0 aliphatic heterocycles. The summed E-state index contributed by atoms with van der Waals surface area (Å²) >= 11 is 0. The van der Waals surface area contributed by atoms with Crippen LogP contribution in [0.5, 0.6) is 11.5 Å². The van der Waals surface area contributed by atoms with Crippen LogP contribution in [0.4, 0.5) is 0 Å². The molecule has 26 heavy (non-hydrogen) atoms. The molecule has 0 unspecified atom stereocenters. The van der Waals surface area contributed by atoms with Crippen molar-refractivity contribution >= 4 is 5.91 Å². The molecule has 0 radical (unpaired) electrons. The highest BCUT2D eigenvalue weighted by atomic mass is 16.5. The van der Waals surface area contributed by atoms with Crippen LogP contribution in [-0.2, 0) is 0 Å². The van der Waals surface area contributed by atoms with Gasteiger partial charge in [-0.1, -0.05) is 12.1 Å². The van der Waals surface area contributed by atoms with Crippen LogP contribution in [0.15, 0.2) is 53.1 Å². The molecule has 0 aliphatic carbocycles. The highest BCUT2D eigenvalue weighted by Gasteiger charge is 2.18. The predicted molar refractivity (Wildman–Crippen MR) is 98.5 cm³/mol. The van der Waals surface area contributed by atoms with Crippen LogP contribution in [0.2, 0.25) is 0 Å². The van der Waals surface area contributed by atoms with Gasteiger partial charge in [0, 0.05) is 18.2 Å². The Balaban J connectivity index is 2.01. The fourth-order valence-corrected chi connectivity index (χ4v) is 2.65. The number of methoxy groups -OCH3 is 2. The Bertz CT molecular complexity index is 918. The number of rotatable bonds is 6. The van der Waals surface area contributed by atoms with Crippen molar-refractivity contribution in [3.63, 3.8) is 0 Å². The Morgan fingerprint density at radius 2 is 1.92 bits per heavy atom. The largest absolute Gasteiger partial charge is 0.497 e. The topological polar surface area (TPSA) is 73.6 Å². The van der Waals surface area contributed by atoms with E-state index >= 15 is 0 Å². The van der Waals surface area contributed by atoms with Gasteiger partial charge < -0.3 is 19.2 Å². The molecule has 0 fully saturated rings. The van der Waals surface area contributed by atoms with Crippen molar-refractivity contribution in [1.29, 1.82) is 0 Å². The van der Waals surface area contributed by atoms with E-state index in [1.807, 2.05) is 37.3 Å². The molecular weight excluding hydrogens is 332 g/mol. The third-order valence-electron chi connectivity index (χ3n) is 3.92. The number of oxazole rings is 1. The normalized spacial score (nSPS) is 10.4. The van der Waals surface area contributed by atoms with Gasteiger partial charge >= 0.3 is 0 Å². The van der Waals surface area contributed by atoms with Crippen LogP contribution < -0.4 is 14.8 Å². The summed E-state index contributed by atoms with van der Waals surface area (Å²) in [6.45, 7) is 2.42. The summed E-state index contributed by atoms with van der Waals surface area (Å²) in [6, 6.07) is 12.7. The van der Waals surface area contributed by atoms with E-state index in [1.165, 1.54) is 0 Å². The molecule has 0 saturated heterocycles. The van der Waals surface area contributed by atoms with Crippen molar-refractivity contribution in [2.75, 3.05) is 20.8 Å². The fourth-order valence-electron chi connectivity index (χ4n) is 2.65. The lowest BCUT2D eigenvalue weighted by atomic mass is 10.1. The quantitative estimate of drug-likeness (QED) is 0.731. The van der Waals surface area contributed by atoms with Gasteiger partial charge in [0.05, 0.1) is 31.5 Å². The molecule has 3 rings (SSSR count). The Hall–Kier alpha value is -3.28. The average Bonchev–Trinajstić information content (AvgIpc) is 3.17. The number of hydrogen-bond donors (Lipinski definition) is 1. The molecule has 0 atom stereocenters. The van der Waals surface area contributed by atoms with Gasteiger partial charge in [-0.2, -0.15) is 0 Å². The lowest BCUT2D eigenvalue weighted by molar-refractivity contribution is 0.0956. The first-order chi connectivity index (χ1) is 12.7. The molecule has 1 heterocycles. The standard InChI is InChI=1S/C20H20N2O4/c1-4-21-19(23)14-7-5-6-8-15(14)20-22-12-18(26-20)16-10-9-13(24-2)11-17(16)25-3/h5-12H,4H2,1-3H3,(H,21,23). The first-order valence-electron chi connectivity index (χ1n) is 8.23. The van der Waals surface area contributed by atoms with Crippen molar-refractivity contribution in [3.05, 3.63) is 54.2 Å². The average molecular weight is 352 g/mol. The minimum atomic E-state index is -0.162. The van der Waals surface area contributed by atoms with Gasteiger partial charge in [0.2, 0.25) is 5.89 Å². The Kier molecular flexibility index (Phi) is 5.22. The van der Waals surface area contributed by atoms with Crippen molar-refractivity contribution < 1.29 is 18.7 Å². The molecule has 1 amide bonds. The third-order valence-corrected chi connectivity index (χ3v) is 3.92.